The van der Waals surface area contributed by atoms with E-state index >= 15 is 0 Å². The van der Waals surface area contributed by atoms with E-state index in [-0.39, 0.29) is 11.9 Å². The van der Waals surface area contributed by atoms with Gasteiger partial charge in [0.25, 0.3) is 0 Å². The van der Waals surface area contributed by atoms with Crippen LogP contribution in [0.25, 0.3) is 0 Å². The first-order chi connectivity index (χ1) is 8.73. The van der Waals surface area contributed by atoms with E-state index in [0.717, 1.165) is 0 Å². The Bertz CT molecular complexity index is 410. The molecule has 0 aromatic carbocycles. The molecule has 0 bridgehead atoms. The van der Waals surface area contributed by atoms with Crippen LogP contribution in [-0.2, 0) is 14.8 Å². The summed E-state index contributed by atoms with van der Waals surface area (Å²) in [6.07, 6.45) is 3.69. The lowest BCUT2D eigenvalue weighted by Crippen LogP contribution is -2.57. The van der Waals surface area contributed by atoms with Crippen LogP contribution in [-0.4, -0.2) is 49.6 Å². The second kappa shape index (κ2) is 6.19. The van der Waals surface area contributed by atoms with Crippen LogP contribution in [0.3, 0.4) is 0 Å². The monoisotopic (exact) mass is 291 g/mol. The smallest absolute Gasteiger partial charge is 0.240 e. The molecule has 1 amide bonds. The van der Waals surface area contributed by atoms with Crippen LogP contribution < -0.4 is 11.1 Å². The number of piperidine rings is 1. The third kappa shape index (κ3) is 4.15. The van der Waals surface area contributed by atoms with Crippen molar-refractivity contribution in [1.29, 1.82) is 0 Å². The van der Waals surface area contributed by atoms with Gasteiger partial charge in [-0.2, -0.15) is 0 Å². The molecule has 0 aliphatic carbocycles. The number of nitrogens with one attached hydrogen (secondary N) is 1. The molecule has 7 heteroatoms. The molecule has 0 saturated carbocycles. The number of carbonyl (C=O) groups excluding carboxylic acids is 1. The van der Waals surface area contributed by atoms with Crippen LogP contribution in [0.5, 0.6) is 0 Å². The molecule has 3 N–H and O–H groups in total. The first-order valence-corrected chi connectivity index (χ1v) is 8.62. The van der Waals surface area contributed by atoms with Crippen molar-refractivity contribution in [3.63, 3.8) is 0 Å². The lowest BCUT2D eigenvalue weighted by molar-refractivity contribution is -0.127. The third-order valence-electron chi connectivity index (χ3n) is 3.97. The number of rotatable bonds is 5. The van der Waals surface area contributed by atoms with Gasteiger partial charge in [-0.3, -0.25) is 4.79 Å². The number of nitrogens with two attached hydrogens (primary N) is 1. The van der Waals surface area contributed by atoms with Crippen LogP contribution >= 0.6 is 0 Å². The summed E-state index contributed by atoms with van der Waals surface area (Å²) in [6.45, 7) is 4.71. The van der Waals surface area contributed by atoms with Gasteiger partial charge in [-0.15, -0.1) is 0 Å². The molecule has 1 saturated heterocycles. The number of amides is 1. The summed E-state index contributed by atoms with van der Waals surface area (Å²) in [6, 6.07) is 0.0199. The number of sulfonamides is 1. The van der Waals surface area contributed by atoms with Gasteiger partial charge in [-0.05, 0) is 25.7 Å². The van der Waals surface area contributed by atoms with E-state index in [1.165, 1.54) is 10.6 Å². The molecule has 0 spiro atoms. The Morgan fingerprint density at radius 2 is 1.79 bits per heavy atom. The number of carbonyl (C=O) groups is 1. The summed E-state index contributed by atoms with van der Waals surface area (Å²) >= 11 is 0. The van der Waals surface area contributed by atoms with E-state index in [0.29, 0.717) is 38.8 Å². The first-order valence-electron chi connectivity index (χ1n) is 6.78. The predicted molar refractivity (Wildman–Crippen MR) is 75.1 cm³/mol. The Kier molecular flexibility index (Phi) is 5.34. The van der Waals surface area contributed by atoms with Crippen LogP contribution in [0.2, 0.25) is 0 Å². The van der Waals surface area contributed by atoms with Crippen molar-refractivity contribution in [2.24, 2.45) is 5.73 Å². The summed E-state index contributed by atoms with van der Waals surface area (Å²) < 4.78 is 24.2. The highest BCUT2D eigenvalue weighted by molar-refractivity contribution is 7.88. The summed E-state index contributed by atoms with van der Waals surface area (Å²) in [5.41, 5.74) is 5.22. The Hall–Kier alpha value is -0.660. The van der Waals surface area contributed by atoms with Crippen molar-refractivity contribution >= 4 is 15.9 Å². The lowest BCUT2D eigenvalue weighted by atomic mass is 9.92. The maximum atomic E-state index is 12.1. The van der Waals surface area contributed by atoms with E-state index in [1.807, 2.05) is 13.8 Å². The molecule has 1 aliphatic heterocycles. The van der Waals surface area contributed by atoms with Crippen molar-refractivity contribution in [3.05, 3.63) is 0 Å². The second-order valence-corrected chi connectivity index (χ2v) is 7.26. The molecule has 0 atom stereocenters. The zero-order valence-corrected chi connectivity index (χ0v) is 12.8. The Labute approximate surface area is 115 Å². The van der Waals surface area contributed by atoms with Gasteiger partial charge >= 0.3 is 0 Å². The highest BCUT2D eigenvalue weighted by Gasteiger charge is 2.33. The highest BCUT2D eigenvalue weighted by atomic mass is 32.2. The normalized spacial score (nSPS) is 19.4. The van der Waals surface area contributed by atoms with Crippen molar-refractivity contribution in [2.45, 2.75) is 51.1 Å². The average Bonchev–Trinajstić information content (AvgIpc) is 2.37. The fraction of sp³-hybridized carbons (Fsp3) is 0.917. The Morgan fingerprint density at radius 3 is 2.16 bits per heavy atom. The molecule has 19 heavy (non-hydrogen) atoms. The minimum absolute atomic E-state index is 0.0199. The van der Waals surface area contributed by atoms with Gasteiger partial charge in [0, 0.05) is 19.1 Å². The van der Waals surface area contributed by atoms with E-state index < -0.39 is 15.6 Å². The highest BCUT2D eigenvalue weighted by Crippen LogP contribution is 2.16. The SMILES string of the molecule is CCC(N)(CC)C(=O)NC1CCN(S(C)(=O)=O)CC1. The fourth-order valence-corrected chi connectivity index (χ4v) is 3.11. The van der Waals surface area contributed by atoms with Crippen LogP contribution in [0.4, 0.5) is 0 Å². The van der Waals surface area contributed by atoms with Gasteiger partial charge in [0.1, 0.15) is 0 Å². The third-order valence-corrected chi connectivity index (χ3v) is 5.28. The molecule has 1 rings (SSSR count). The topological polar surface area (TPSA) is 92.5 Å². The van der Waals surface area contributed by atoms with E-state index in [9.17, 15) is 13.2 Å². The van der Waals surface area contributed by atoms with Crippen molar-refractivity contribution in [3.8, 4) is 0 Å². The zero-order chi connectivity index (χ0) is 14.7. The quantitative estimate of drug-likeness (QED) is 0.748. The molecule has 1 aliphatic rings. The van der Waals surface area contributed by atoms with Gasteiger partial charge in [-0.25, -0.2) is 12.7 Å². The standard InChI is InChI=1S/C12H25N3O3S/c1-4-12(13,5-2)11(16)14-10-6-8-15(9-7-10)19(3,17)18/h10H,4-9,13H2,1-3H3,(H,14,16). The molecule has 0 aromatic heterocycles. The molecule has 112 valence electrons. The van der Waals surface area contributed by atoms with Gasteiger partial charge in [0.05, 0.1) is 11.8 Å². The number of hydrogen-bond donors (Lipinski definition) is 2. The van der Waals surface area contributed by atoms with E-state index in [4.69, 9.17) is 5.73 Å². The molecule has 1 fully saturated rings. The van der Waals surface area contributed by atoms with E-state index in [2.05, 4.69) is 5.32 Å². The first kappa shape index (κ1) is 16.4. The average molecular weight is 291 g/mol. The maximum absolute atomic E-state index is 12.1. The molecule has 6 nitrogen and oxygen atoms in total. The summed E-state index contributed by atoms with van der Waals surface area (Å²) in [5.74, 6) is -0.129. The largest absolute Gasteiger partial charge is 0.352 e. The molecular weight excluding hydrogens is 266 g/mol. The van der Waals surface area contributed by atoms with Gasteiger partial charge < -0.3 is 11.1 Å². The Balaban J connectivity index is 2.52. The van der Waals surface area contributed by atoms with Gasteiger partial charge in [0.15, 0.2) is 0 Å². The van der Waals surface area contributed by atoms with Crippen molar-refractivity contribution in [1.82, 2.24) is 9.62 Å². The predicted octanol–water partition coefficient (Wildman–Crippen LogP) is 0.0441. The van der Waals surface area contributed by atoms with Crippen molar-refractivity contribution < 1.29 is 13.2 Å². The minimum Gasteiger partial charge on any atom is -0.352 e. The van der Waals surface area contributed by atoms with Crippen LogP contribution in [0.1, 0.15) is 39.5 Å². The second-order valence-electron chi connectivity index (χ2n) is 5.27. The summed E-state index contributed by atoms with van der Waals surface area (Å²) in [7, 11) is -3.12. The zero-order valence-electron chi connectivity index (χ0n) is 12.0. The molecule has 0 unspecified atom stereocenters. The van der Waals surface area contributed by atoms with Gasteiger partial charge in [-0.1, -0.05) is 13.8 Å². The summed E-state index contributed by atoms with van der Waals surface area (Å²) in [5, 5.41) is 2.95. The van der Waals surface area contributed by atoms with Gasteiger partial charge in [0.2, 0.25) is 15.9 Å². The maximum Gasteiger partial charge on any atom is 0.240 e. The lowest BCUT2D eigenvalue weighted by Gasteiger charge is -2.33. The van der Waals surface area contributed by atoms with Crippen LogP contribution in [0.15, 0.2) is 0 Å². The molecule has 0 radical (unpaired) electrons. The van der Waals surface area contributed by atoms with Crippen molar-refractivity contribution in [2.75, 3.05) is 19.3 Å². The number of hydrogen-bond acceptors (Lipinski definition) is 4. The summed E-state index contributed by atoms with van der Waals surface area (Å²) in [4.78, 5) is 12.1. The molecule has 0 aromatic rings. The van der Waals surface area contributed by atoms with E-state index in [1.54, 1.807) is 0 Å². The fourth-order valence-electron chi connectivity index (χ4n) is 2.23. The van der Waals surface area contributed by atoms with Crippen LogP contribution in [0, 0.1) is 0 Å². The molecular formula is C12H25N3O3S. The number of nitrogens with zero attached hydrogens (tertiary/aromatic N) is 1. The minimum atomic E-state index is -3.12. The molecule has 1 heterocycles. The Morgan fingerprint density at radius 1 is 1.32 bits per heavy atom.